The van der Waals surface area contributed by atoms with Crippen LogP contribution in [0, 0.1) is 11.3 Å². The molecule has 2 saturated heterocycles. The Morgan fingerprint density at radius 2 is 1.84 bits per heavy atom. The van der Waals surface area contributed by atoms with E-state index in [4.69, 9.17) is 14.6 Å². The molecule has 2 aromatic rings. The smallest absolute Gasteiger partial charge is 0.418 e. The number of allylic oxidation sites excluding steroid dienone is 2. The molecule has 2 amide bonds. The number of rotatable bonds is 13. The summed E-state index contributed by atoms with van der Waals surface area (Å²) in [5, 5.41) is 19.6. The average molecular weight is 713 g/mol. The van der Waals surface area contributed by atoms with E-state index in [1.165, 1.54) is 4.90 Å². The number of likely N-dealkylation sites (tertiary alicyclic amines) is 2. The monoisotopic (exact) mass is 712 g/mol. The second-order valence-corrected chi connectivity index (χ2v) is 13.2. The third-order valence-electron chi connectivity index (χ3n) is 9.92. The summed E-state index contributed by atoms with van der Waals surface area (Å²) in [5.74, 6) is -1.71. The summed E-state index contributed by atoms with van der Waals surface area (Å²) in [5.41, 5.74) is -2.75. The van der Waals surface area contributed by atoms with Crippen LogP contribution in [-0.2, 0) is 37.3 Å². The second-order valence-electron chi connectivity index (χ2n) is 13.2. The van der Waals surface area contributed by atoms with Crippen molar-refractivity contribution in [1.29, 1.82) is 5.26 Å². The van der Waals surface area contributed by atoms with Crippen molar-refractivity contribution in [2.24, 2.45) is 0 Å². The molecule has 2 fully saturated rings. The molecular formula is C38H47F3N4O6. The van der Waals surface area contributed by atoms with E-state index in [1.54, 1.807) is 24.8 Å². The van der Waals surface area contributed by atoms with Crippen LogP contribution in [0.15, 0.2) is 54.4 Å². The Kier molecular flexibility index (Phi) is 13.3. The lowest BCUT2D eigenvalue weighted by atomic mass is 9.74. The van der Waals surface area contributed by atoms with E-state index in [9.17, 15) is 32.8 Å². The number of carbonyl (C=O) groups is 3. The Hall–Kier alpha value is -4.44. The fourth-order valence-corrected chi connectivity index (χ4v) is 7.36. The fourth-order valence-electron chi connectivity index (χ4n) is 7.36. The highest BCUT2D eigenvalue weighted by molar-refractivity contribution is 5.96. The summed E-state index contributed by atoms with van der Waals surface area (Å²) in [6, 6.07) is 11.1. The summed E-state index contributed by atoms with van der Waals surface area (Å²) in [7, 11) is 0. The van der Waals surface area contributed by atoms with Gasteiger partial charge in [0.1, 0.15) is 5.69 Å². The first-order valence-electron chi connectivity index (χ1n) is 17.6. The number of hydrogen-bond acceptors (Lipinski definition) is 7. The lowest BCUT2D eigenvalue weighted by Crippen LogP contribution is -2.66. The molecule has 13 heteroatoms. The minimum absolute atomic E-state index is 0.00477. The van der Waals surface area contributed by atoms with Gasteiger partial charge < -0.3 is 24.4 Å². The number of piperidine rings is 1. The standard InChI is InChI=1S/C38H47F3N4O6/c1-4-12-31-37(51-27(3)5-2,18-11-22-45(31)34(48)33-30(38(39,40)41)15-8-20-43-33)35(49)44-21-10-17-36(26-42,19-23-44)29-14-7-6-13-28(29)25-50-24-9-16-32(46)47/h5-8,13-15,20,31H,4,9-12,16-19,21-25H2,1-3H3,(H,46,47)/b27-5+/t31-,36?,37+/m1/s1. The molecule has 3 heterocycles. The largest absolute Gasteiger partial charge is 0.481 e. The Morgan fingerprint density at radius 1 is 1.10 bits per heavy atom. The highest BCUT2D eigenvalue weighted by Gasteiger charge is 2.56. The Labute approximate surface area is 297 Å². The SMILES string of the molecule is C/C=C(\C)O[C@@]1(C(=O)N2CCCC(C#N)(c3ccccc3COCCCC(=O)O)CC2)CCCN(C(=O)c2ncccc2C(F)(F)F)[C@@H]1CCC. The number of halogens is 3. The lowest BCUT2D eigenvalue weighted by Gasteiger charge is -2.50. The van der Waals surface area contributed by atoms with E-state index < -0.39 is 46.4 Å². The third-order valence-corrected chi connectivity index (χ3v) is 9.92. The third kappa shape index (κ3) is 8.90. The van der Waals surface area contributed by atoms with Crippen LogP contribution in [0.4, 0.5) is 13.2 Å². The van der Waals surface area contributed by atoms with E-state index in [-0.39, 0.29) is 45.1 Å². The van der Waals surface area contributed by atoms with Crippen molar-refractivity contribution in [3.8, 4) is 6.07 Å². The molecule has 10 nitrogen and oxygen atoms in total. The van der Waals surface area contributed by atoms with Crippen LogP contribution >= 0.6 is 0 Å². The minimum atomic E-state index is -4.80. The van der Waals surface area contributed by atoms with Crippen molar-refractivity contribution in [3.63, 3.8) is 0 Å². The van der Waals surface area contributed by atoms with Gasteiger partial charge in [-0.05, 0) is 81.7 Å². The molecule has 4 rings (SSSR count). The molecule has 1 aromatic carbocycles. The average Bonchev–Trinajstić information content (AvgIpc) is 3.35. The molecule has 0 bridgehead atoms. The number of pyridine rings is 1. The summed E-state index contributed by atoms with van der Waals surface area (Å²) in [6.07, 6.45) is 1.10. The molecule has 1 unspecified atom stereocenters. The fraction of sp³-hybridized carbons (Fsp3) is 0.553. The van der Waals surface area contributed by atoms with Crippen molar-refractivity contribution in [1.82, 2.24) is 14.8 Å². The van der Waals surface area contributed by atoms with E-state index in [1.807, 2.05) is 31.2 Å². The van der Waals surface area contributed by atoms with Gasteiger partial charge in [-0.3, -0.25) is 19.4 Å². The molecule has 0 saturated carbocycles. The highest BCUT2D eigenvalue weighted by atomic mass is 19.4. The molecule has 276 valence electrons. The maximum absolute atomic E-state index is 14.9. The van der Waals surface area contributed by atoms with Crippen molar-refractivity contribution in [2.45, 2.75) is 108 Å². The number of amides is 2. The number of nitrogens with zero attached hydrogens (tertiary/aromatic N) is 4. The first-order chi connectivity index (χ1) is 24.3. The van der Waals surface area contributed by atoms with Gasteiger partial charge >= 0.3 is 12.1 Å². The molecule has 1 aromatic heterocycles. The summed E-state index contributed by atoms with van der Waals surface area (Å²) in [6.45, 7) is 6.49. The van der Waals surface area contributed by atoms with E-state index in [0.717, 1.165) is 29.5 Å². The number of carbonyl (C=O) groups excluding carboxylic acids is 2. The predicted molar refractivity (Wildman–Crippen MR) is 182 cm³/mol. The highest BCUT2D eigenvalue weighted by Crippen LogP contribution is 2.42. The van der Waals surface area contributed by atoms with Gasteiger partial charge in [0.15, 0.2) is 0 Å². The second kappa shape index (κ2) is 17.2. The number of alkyl halides is 3. The first kappa shape index (κ1) is 39.3. The number of nitriles is 1. The number of ether oxygens (including phenoxy) is 2. The van der Waals surface area contributed by atoms with Crippen molar-refractivity contribution < 1.29 is 42.1 Å². The Morgan fingerprint density at radius 3 is 2.53 bits per heavy atom. The summed E-state index contributed by atoms with van der Waals surface area (Å²) < 4.78 is 54.3. The van der Waals surface area contributed by atoms with Gasteiger partial charge in [0.2, 0.25) is 5.60 Å². The van der Waals surface area contributed by atoms with Crippen LogP contribution in [0.25, 0.3) is 0 Å². The van der Waals surface area contributed by atoms with Crippen LogP contribution in [0.2, 0.25) is 0 Å². The molecule has 2 aliphatic rings. The molecule has 1 N–H and O–H groups in total. The maximum atomic E-state index is 14.9. The zero-order chi connectivity index (χ0) is 37.2. The van der Waals surface area contributed by atoms with Gasteiger partial charge in [0.05, 0.1) is 35.5 Å². The van der Waals surface area contributed by atoms with Crippen molar-refractivity contribution in [2.75, 3.05) is 26.2 Å². The number of carboxylic acids is 1. The summed E-state index contributed by atoms with van der Waals surface area (Å²) in [4.78, 5) is 46.7. The minimum Gasteiger partial charge on any atom is -0.481 e. The maximum Gasteiger partial charge on any atom is 0.418 e. The summed E-state index contributed by atoms with van der Waals surface area (Å²) >= 11 is 0. The predicted octanol–water partition coefficient (Wildman–Crippen LogP) is 7.04. The van der Waals surface area contributed by atoms with Gasteiger partial charge in [-0.15, -0.1) is 0 Å². The molecule has 3 atom stereocenters. The normalized spacial score (nSPS) is 22.9. The molecule has 0 radical (unpaired) electrons. The van der Waals surface area contributed by atoms with Crippen LogP contribution in [0.5, 0.6) is 0 Å². The van der Waals surface area contributed by atoms with Crippen LogP contribution in [0.3, 0.4) is 0 Å². The van der Waals surface area contributed by atoms with Crippen LogP contribution in [-0.4, -0.2) is 75.6 Å². The van der Waals surface area contributed by atoms with E-state index in [0.29, 0.717) is 57.2 Å². The number of aliphatic carboxylic acids is 1. The molecular weight excluding hydrogens is 665 g/mol. The van der Waals surface area contributed by atoms with Crippen molar-refractivity contribution >= 4 is 17.8 Å². The number of hydrogen-bond donors (Lipinski definition) is 1. The molecule has 2 aliphatic heterocycles. The van der Waals surface area contributed by atoms with Gasteiger partial charge in [-0.1, -0.05) is 37.6 Å². The first-order valence-corrected chi connectivity index (χ1v) is 17.6. The van der Waals surface area contributed by atoms with Gasteiger partial charge in [0.25, 0.3) is 11.8 Å². The molecule has 0 aliphatic carbocycles. The van der Waals surface area contributed by atoms with Crippen LogP contribution < -0.4 is 0 Å². The number of benzene rings is 1. The number of carboxylic acid groups (broad SMARTS) is 1. The molecule has 0 spiro atoms. The van der Waals surface area contributed by atoms with Crippen LogP contribution in [0.1, 0.15) is 106 Å². The van der Waals surface area contributed by atoms with Gasteiger partial charge in [-0.25, -0.2) is 0 Å². The van der Waals surface area contributed by atoms with Crippen molar-refractivity contribution in [3.05, 3.63) is 76.8 Å². The Bertz CT molecular complexity index is 1620. The zero-order valence-corrected chi connectivity index (χ0v) is 29.5. The molecule has 51 heavy (non-hydrogen) atoms. The van der Waals surface area contributed by atoms with Gasteiger partial charge in [0, 0.05) is 45.3 Å². The quantitative estimate of drug-likeness (QED) is 0.173. The van der Waals surface area contributed by atoms with Gasteiger partial charge in [-0.2, -0.15) is 18.4 Å². The topological polar surface area (TPSA) is 133 Å². The van der Waals surface area contributed by atoms with E-state index >= 15 is 0 Å². The van der Waals surface area contributed by atoms with E-state index in [2.05, 4.69) is 11.1 Å². The number of aromatic nitrogens is 1. The lowest BCUT2D eigenvalue weighted by molar-refractivity contribution is -0.168. The Balaban J connectivity index is 1.66. The zero-order valence-electron chi connectivity index (χ0n) is 29.5.